The van der Waals surface area contributed by atoms with E-state index in [2.05, 4.69) is 29.1 Å². The normalized spacial score (nSPS) is 11.1. The van der Waals surface area contributed by atoms with Crippen LogP contribution in [-0.4, -0.2) is 39.0 Å². The van der Waals surface area contributed by atoms with E-state index in [9.17, 15) is 13.6 Å². The first kappa shape index (κ1) is 19.7. The van der Waals surface area contributed by atoms with Crippen LogP contribution in [0.3, 0.4) is 0 Å². The number of ether oxygens (including phenoxy) is 2. The Balaban J connectivity index is 2.45. The number of carbonyl (C=O) groups is 1. The molecule has 0 aliphatic heterocycles. The van der Waals surface area contributed by atoms with Crippen LogP contribution in [0.15, 0.2) is 23.4 Å². The summed E-state index contributed by atoms with van der Waals surface area (Å²) in [5.41, 5.74) is 0.550. The predicted molar refractivity (Wildman–Crippen MR) is 85.6 cm³/mol. The van der Waals surface area contributed by atoms with Crippen molar-refractivity contribution in [2.45, 2.75) is 26.9 Å². The molecule has 0 unspecified atom stereocenters. The second kappa shape index (κ2) is 10.4. The van der Waals surface area contributed by atoms with Crippen LogP contribution in [0, 0.1) is 5.92 Å². The molecule has 0 heterocycles. The summed E-state index contributed by atoms with van der Waals surface area (Å²) in [5.74, 6) is 0.322. The Kier molecular flexibility index (Phi) is 8.53. The van der Waals surface area contributed by atoms with Gasteiger partial charge >= 0.3 is 6.61 Å². The fourth-order valence-electron chi connectivity index (χ4n) is 1.70. The van der Waals surface area contributed by atoms with Crippen molar-refractivity contribution >= 4 is 12.1 Å². The maximum absolute atomic E-state index is 12.2. The van der Waals surface area contributed by atoms with Crippen LogP contribution >= 0.6 is 0 Å². The molecule has 0 saturated carbocycles. The topological polar surface area (TPSA) is 69.2 Å². The largest absolute Gasteiger partial charge is 0.493 e. The average Bonchev–Trinajstić information content (AvgIpc) is 2.51. The van der Waals surface area contributed by atoms with Crippen LogP contribution in [-0.2, 0) is 9.63 Å². The second-order valence-electron chi connectivity index (χ2n) is 5.33. The number of nitrogens with zero attached hydrogens (tertiary/aromatic N) is 1. The molecule has 0 bridgehead atoms. The van der Waals surface area contributed by atoms with E-state index in [4.69, 9.17) is 9.57 Å². The number of halogens is 2. The number of nitrogens with one attached hydrogen (secondary N) is 1. The molecule has 8 heteroatoms. The van der Waals surface area contributed by atoms with Crippen molar-refractivity contribution < 1.29 is 27.9 Å². The quantitative estimate of drug-likeness (QED) is 0.523. The summed E-state index contributed by atoms with van der Waals surface area (Å²) in [5, 5.41) is 6.37. The van der Waals surface area contributed by atoms with Crippen LogP contribution in [0.4, 0.5) is 8.78 Å². The van der Waals surface area contributed by atoms with Gasteiger partial charge in [-0.1, -0.05) is 19.0 Å². The van der Waals surface area contributed by atoms with E-state index in [1.807, 2.05) is 0 Å². The van der Waals surface area contributed by atoms with E-state index in [0.717, 1.165) is 6.42 Å². The number of methoxy groups -OCH3 is 1. The average molecular weight is 344 g/mol. The molecule has 0 saturated heterocycles. The van der Waals surface area contributed by atoms with Crippen LogP contribution in [0.2, 0.25) is 0 Å². The Morgan fingerprint density at radius 1 is 1.33 bits per heavy atom. The van der Waals surface area contributed by atoms with E-state index < -0.39 is 6.61 Å². The Bertz CT molecular complexity index is 551. The van der Waals surface area contributed by atoms with E-state index >= 15 is 0 Å². The second-order valence-corrected chi connectivity index (χ2v) is 5.33. The van der Waals surface area contributed by atoms with Crippen molar-refractivity contribution in [3.63, 3.8) is 0 Å². The number of hydrogen-bond donors (Lipinski definition) is 1. The fourth-order valence-corrected chi connectivity index (χ4v) is 1.70. The number of alkyl halides is 2. The van der Waals surface area contributed by atoms with Crippen LogP contribution in [0.5, 0.6) is 11.5 Å². The number of rotatable bonds is 10. The fraction of sp³-hybridized carbons (Fsp3) is 0.500. The minimum Gasteiger partial charge on any atom is -0.493 e. The molecule has 1 aromatic rings. The van der Waals surface area contributed by atoms with E-state index in [1.54, 1.807) is 0 Å². The molecule has 0 aromatic heterocycles. The zero-order valence-corrected chi connectivity index (χ0v) is 13.9. The SMILES string of the molecule is COc1cc(/C=N/OCC(=O)NCCC(C)C)ccc1OC(F)F. The van der Waals surface area contributed by atoms with E-state index in [1.165, 1.54) is 31.5 Å². The number of oxime groups is 1. The van der Waals surface area contributed by atoms with Gasteiger partial charge in [-0.3, -0.25) is 4.79 Å². The van der Waals surface area contributed by atoms with Crippen molar-refractivity contribution in [3.05, 3.63) is 23.8 Å². The molecule has 0 fully saturated rings. The van der Waals surface area contributed by atoms with Gasteiger partial charge in [0.1, 0.15) is 0 Å². The molecule has 1 N–H and O–H groups in total. The van der Waals surface area contributed by atoms with Crippen LogP contribution < -0.4 is 14.8 Å². The molecule has 24 heavy (non-hydrogen) atoms. The molecule has 0 radical (unpaired) electrons. The van der Waals surface area contributed by atoms with E-state index in [0.29, 0.717) is 18.0 Å². The van der Waals surface area contributed by atoms with Crippen molar-refractivity contribution in [1.29, 1.82) is 0 Å². The van der Waals surface area contributed by atoms with Gasteiger partial charge in [-0.05, 0) is 30.5 Å². The lowest BCUT2D eigenvalue weighted by Crippen LogP contribution is -2.28. The molecular weight excluding hydrogens is 322 g/mol. The van der Waals surface area contributed by atoms with Gasteiger partial charge in [-0.25, -0.2) is 0 Å². The van der Waals surface area contributed by atoms with Crippen molar-refractivity contribution in [3.8, 4) is 11.5 Å². The minimum absolute atomic E-state index is 0.0740. The number of amides is 1. The predicted octanol–water partition coefficient (Wildman–Crippen LogP) is 2.81. The monoisotopic (exact) mass is 344 g/mol. The lowest BCUT2D eigenvalue weighted by Gasteiger charge is -2.09. The van der Waals surface area contributed by atoms with Gasteiger partial charge in [0, 0.05) is 12.1 Å². The molecule has 1 amide bonds. The lowest BCUT2D eigenvalue weighted by atomic mass is 10.1. The number of hydrogen-bond acceptors (Lipinski definition) is 5. The minimum atomic E-state index is -2.93. The third kappa shape index (κ3) is 7.75. The van der Waals surface area contributed by atoms with Gasteiger partial charge < -0.3 is 19.6 Å². The molecule has 0 atom stereocenters. The van der Waals surface area contributed by atoms with Crippen LogP contribution in [0.1, 0.15) is 25.8 Å². The number of benzene rings is 1. The summed E-state index contributed by atoms with van der Waals surface area (Å²) in [6, 6.07) is 4.31. The summed E-state index contributed by atoms with van der Waals surface area (Å²) in [6.45, 7) is 1.60. The Labute approximate surface area is 139 Å². The standard InChI is InChI=1S/C16H22F2N2O4/c1-11(2)6-7-19-15(21)10-23-20-9-12-4-5-13(24-16(17)18)14(8-12)22-3/h4-5,8-9,11,16H,6-7,10H2,1-3H3,(H,19,21)/b20-9+. The van der Waals surface area contributed by atoms with Crippen molar-refractivity contribution in [2.75, 3.05) is 20.3 Å². The van der Waals surface area contributed by atoms with Gasteiger partial charge in [0.2, 0.25) is 0 Å². The zero-order valence-electron chi connectivity index (χ0n) is 13.9. The first-order valence-electron chi connectivity index (χ1n) is 7.47. The lowest BCUT2D eigenvalue weighted by molar-refractivity contribution is -0.125. The molecule has 0 aliphatic carbocycles. The number of carbonyl (C=O) groups excluding carboxylic acids is 1. The Morgan fingerprint density at radius 3 is 2.71 bits per heavy atom. The highest BCUT2D eigenvalue weighted by atomic mass is 19.3. The highest BCUT2D eigenvalue weighted by Crippen LogP contribution is 2.28. The van der Waals surface area contributed by atoms with Gasteiger partial charge in [-0.2, -0.15) is 8.78 Å². The summed E-state index contributed by atoms with van der Waals surface area (Å²) in [6.07, 6.45) is 2.23. The molecule has 1 rings (SSSR count). The molecular formula is C16H22F2N2O4. The van der Waals surface area contributed by atoms with Crippen molar-refractivity contribution in [1.82, 2.24) is 5.32 Å². The Morgan fingerprint density at radius 2 is 2.08 bits per heavy atom. The molecule has 6 nitrogen and oxygen atoms in total. The summed E-state index contributed by atoms with van der Waals surface area (Å²) in [7, 11) is 1.34. The third-order valence-corrected chi connectivity index (χ3v) is 2.92. The first-order chi connectivity index (χ1) is 11.4. The highest BCUT2D eigenvalue weighted by molar-refractivity contribution is 5.81. The third-order valence-electron chi connectivity index (χ3n) is 2.92. The summed E-state index contributed by atoms with van der Waals surface area (Å²) < 4.78 is 33.7. The molecule has 1 aromatic carbocycles. The maximum Gasteiger partial charge on any atom is 0.387 e. The highest BCUT2D eigenvalue weighted by Gasteiger charge is 2.10. The van der Waals surface area contributed by atoms with Gasteiger partial charge in [0.15, 0.2) is 18.1 Å². The van der Waals surface area contributed by atoms with E-state index in [-0.39, 0.29) is 24.0 Å². The Hall–Kier alpha value is -2.38. The van der Waals surface area contributed by atoms with Crippen molar-refractivity contribution in [2.24, 2.45) is 11.1 Å². The van der Waals surface area contributed by atoms with Gasteiger partial charge in [-0.15, -0.1) is 0 Å². The molecule has 0 aliphatic rings. The van der Waals surface area contributed by atoms with Crippen LogP contribution in [0.25, 0.3) is 0 Å². The van der Waals surface area contributed by atoms with Gasteiger partial charge in [0.25, 0.3) is 5.91 Å². The molecule has 134 valence electrons. The summed E-state index contributed by atoms with van der Waals surface area (Å²) in [4.78, 5) is 16.4. The molecule has 0 spiro atoms. The smallest absolute Gasteiger partial charge is 0.387 e. The zero-order chi connectivity index (χ0) is 17.9. The van der Waals surface area contributed by atoms with Gasteiger partial charge in [0.05, 0.1) is 13.3 Å². The maximum atomic E-state index is 12.2. The first-order valence-corrected chi connectivity index (χ1v) is 7.47. The summed E-state index contributed by atoms with van der Waals surface area (Å²) >= 11 is 0.